The number of carbonyl (C=O) groups is 1. The van der Waals surface area contributed by atoms with Crippen LogP contribution in [0.4, 0.5) is 11.4 Å². The molecule has 2 rings (SSSR count). The van der Waals surface area contributed by atoms with E-state index in [4.69, 9.17) is 11.6 Å². The molecule has 2 aromatic carbocycles. The van der Waals surface area contributed by atoms with Gasteiger partial charge in [0.1, 0.15) is 6.04 Å². The Morgan fingerprint density at radius 2 is 1.88 bits per heavy atom. The van der Waals surface area contributed by atoms with Gasteiger partial charge in [-0.05, 0) is 30.5 Å². The molecule has 0 fully saturated rings. The molecule has 0 saturated carbocycles. The van der Waals surface area contributed by atoms with Crippen molar-refractivity contribution in [3.8, 4) is 0 Å². The Bertz CT molecular complexity index is 766. The lowest BCUT2D eigenvalue weighted by Gasteiger charge is -2.20. The number of benzene rings is 2. The number of nitro groups is 1. The number of halogens is 1. The van der Waals surface area contributed by atoms with Gasteiger partial charge in [0.15, 0.2) is 0 Å². The number of carbonyl (C=O) groups excluding carboxylic acids is 1. The van der Waals surface area contributed by atoms with Crippen LogP contribution in [0.15, 0.2) is 48.5 Å². The maximum atomic E-state index is 12.8. The third kappa shape index (κ3) is 5.54. The zero-order valence-corrected chi connectivity index (χ0v) is 15.5. The van der Waals surface area contributed by atoms with Crippen LogP contribution >= 0.6 is 11.6 Å². The van der Waals surface area contributed by atoms with E-state index in [1.165, 1.54) is 18.2 Å². The van der Waals surface area contributed by atoms with Gasteiger partial charge in [-0.1, -0.05) is 55.8 Å². The molecule has 0 saturated heterocycles. The lowest BCUT2D eigenvalue weighted by atomic mass is 10.0. The van der Waals surface area contributed by atoms with E-state index >= 15 is 0 Å². The average Bonchev–Trinajstić information content (AvgIpc) is 2.60. The molecule has 26 heavy (non-hydrogen) atoms. The van der Waals surface area contributed by atoms with Crippen LogP contribution in [0.25, 0.3) is 0 Å². The molecule has 0 aromatic heterocycles. The van der Waals surface area contributed by atoms with Crippen molar-refractivity contribution in [2.24, 2.45) is 5.92 Å². The molecule has 1 unspecified atom stereocenters. The summed E-state index contributed by atoms with van der Waals surface area (Å²) >= 11 is 6.07. The first-order valence-corrected chi connectivity index (χ1v) is 8.79. The number of nitro benzene ring substituents is 1. The van der Waals surface area contributed by atoms with Gasteiger partial charge in [-0.3, -0.25) is 14.9 Å². The van der Waals surface area contributed by atoms with Gasteiger partial charge in [0.2, 0.25) is 5.91 Å². The number of amides is 1. The molecule has 0 aliphatic heterocycles. The van der Waals surface area contributed by atoms with Crippen molar-refractivity contribution in [3.63, 3.8) is 0 Å². The summed E-state index contributed by atoms with van der Waals surface area (Å²) in [6, 6.07) is 12.8. The first kappa shape index (κ1) is 19.9. The van der Waals surface area contributed by atoms with Gasteiger partial charge in [0.25, 0.3) is 5.69 Å². The number of hydrogen-bond acceptors (Lipinski definition) is 4. The van der Waals surface area contributed by atoms with Crippen LogP contribution in [0.2, 0.25) is 5.02 Å². The molecule has 0 spiro atoms. The second kappa shape index (κ2) is 9.31. The number of nitrogens with one attached hydrogen (secondary N) is 2. The largest absolute Gasteiger partial charge is 0.323 e. The molecule has 0 heterocycles. The third-order valence-electron chi connectivity index (χ3n) is 3.89. The lowest BCUT2D eigenvalue weighted by molar-refractivity contribution is -0.384. The summed E-state index contributed by atoms with van der Waals surface area (Å²) in [4.78, 5) is 23.1. The first-order chi connectivity index (χ1) is 12.4. The summed E-state index contributed by atoms with van der Waals surface area (Å²) in [6.45, 7) is 4.94. The van der Waals surface area contributed by atoms with E-state index in [-0.39, 0.29) is 16.6 Å². The Morgan fingerprint density at radius 3 is 2.46 bits per heavy atom. The smallest absolute Gasteiger partial charge is 0.271 e. The minimum Gasteiger partial charge on any atom is -0.323 e. The normalized spacial score (nSPS) is 12.0. The van der Waals surface area contributed by atoms with Gasteiger partial charge in [0.05, 0.1) is 15.6 Å². The Morgan fingerprint density at radius 1 is 1.19 bits per heavy atom. The molecule has 1 atom stereocenters. The predicted octanol–water partition coefficient (Wildman–Crippen LogP) is 4.56. The molecule has 6 nitrogen and oxygen atoms in total. The molecule has 7 heteroatoms. The topological polar surface area (TPSA) is 84.3 Å². The summed E-state index contributed by atoms with van der Waals surface area (Å²) in [5, 5.41) is 17.0. The number of non-ortho nitro benzene ring substituents is 1. The monoisotopic (exact) mass is 375 g/mol. The van der Waals surface area contributed by atoms with E-state index < -0.39 is 11.0 Å². The Kier molecular flexibility index (Phi) is 7.12. The fraction of sp³-hybridized carbons (Fsp3) is 0.316. The van der Waals surface area contributed by atoms with Crippen molar-refractivity contribution in [1.29, 1.82) is 0 Å². The van der Waals surface area contributed by atoms with Crippen molar-refractivity contribution < 1.29 is 9.72 Å². The molecule has 2 aromatic rings. The summed E-state index contributed by atoms with van der Waals surface area (Å²) in [6.07, 6.45) is 0.939. The van der Waals surface area contributed by atoms with E-state index in [0.717, 1.165) is 12.0 Å². The van der Waals surface area contributed by atoms with Crippen LogP contribution in [0.1, 0.15) is 31.9 Å². The number of hydrogen-bond donors (Lipinski definition) is 2. The Hall–Kier alpha value is -2.44. The van der Waals surface area contributed by atoms with Crippen molar-refractivity contribution in [2.75, 3.05) is 11.9 Å². The number of anilines is 1. The van der Waals surface area contributed by atoms with Gasteiger partial charge >= 0.3 is 0 Å². The van der Waals surface area contributed by atoms with Gasteiger partial charge in [-0.2, -0.15) is 0 Å². The molecule has 0 aliphatic rings. The predicted molar refractivity (Wildman–Crippen MR) is 103 cm³/mol. The highest BCUT2D eigenvalue weighted by Gasteiger charge is 2.21. The molecule has 138 valence electrons. The van der Waals surface area contributed by atoms with E-state index in [9.17, 15) is 14.9 Å². The number of rotatable bonds is 8. The fourth-order valence-electron chi connectivity index (χ4n) is 2.45. The maximum absolute atomic E-state index is 12.8. The third-order valence-corrected chi connectivity index (χ3v) is 4.20. The van der Waals surface area contributed by atoms with Crippen LogP contribution in [0.3, 0.4) is 0 Å². The van der Waals surface area contributed by atoms with Gasteiger partial charge in [0, 0.05) is 12.1 Å². The first-order valence-electron chi connectivity index (χ1n) is 8.41. The van der Waals surface area contributed by atoms with Crippen molar-refractivity contribution in [1.82, 2.24) is 5.32 Å². The second-order valence-electron chi connectivity index (χ2n) is 6.39. The minimum absolute atomic E-state index is 0.123. The molecule has 0 radical (unpaired) electrons. The van der Waals surface area contributed by atoms with Crippen LogP contribution in [-0.2, 0) is 4.79 Å². The molecule has 1 amide bonds. The highest BCUT2D eigenvalue weighted by atomic mass is 35.5. The van der Waals surface area contributed by atoms with Crippen LogP contribution in [0, 0.1) is 16.0 Å². The average molecular weight is 376 g/mol. The quantitative estimate of drug-likeness (QED) is 0.523. The van der Waals surface area contributed by atoms with E-state index in [0.29, 0.717) is 18.2 Å². The zero-order chi connectivity index (χ0) is 19.1. The SMILES string of the molecule is CC(C)CCNC(C(=O)Nc1ccc([N+](=O)[O-])cc1Cl)c1ccccc1. The Balaban J connectivity index is 2.17. The molecule has 2 N–H and O–H groups in total. The minimum atomic E-state index is -0.541. The summed E-state index contributed by atoms with van der Waals surface area (Å²) in [5.41, 5.74) is 1.06. The standard InChI is InChI=1S/C19H22ClN3O3/c1-13(2)10-11-21-18(14-6-4-3-5-7-14)19(24)22-17-9-8-15(23(25)26)12-16(17)20/h3-9,12-13,18,21H,10-11H2,1-2H3,(H,22,24). The van der Waals surface area contributed by atoms with E-state index in [1.807, 2.05) is 30.3 Å². The van der Waals surface area contributed by atoms with Crippen molar-refractivity contribution >= 4 is 28.9 Å². The van der Waals surface area contributed by atoms with Crippen molar-refractivity contribution in [3.05, 3.63) is 69.2 Å². The molecular weight excluding hydrogens is 354 g/mol. The molecule has 0 bridgehead atoms. The van der Waals surface area contributed by atoms with Crippen LogP contribution in [-0.4, -0.2) is 17.4 Å². The highest BCUT2D eigenvalue weighted by molar-refractivity contribution is 6.34. The summed E-state index contributed by atoms with van der Waals surface area (Å²) < 4.78 is 0. The highest BCUT2D eigenvalue weighted by Crippen LogP contribution is 2.27. The molecular formula is C19H22ClN3O3. The van der Waals surface area contributed by atoms with Crippen LogP contribution < -0.4 is 10.6 Å². The Labute approximate surface area is 157 Å². The number of nitrogens with zero attached hydrogens (tertiary/aromatic N) is 1. The summed E-state index contributed by atoms with van der Waals surface area (Å²) in [5.74, 6) is 0.252. The second-order valence-corrected chi connectivity index (χ2v) is 6.80. The van der Waals surface area contributed by atoms with E-state index in [2.05, 4.69) is 24.5 Å². The fourth-order valence-corrected chi connectivity index (χ4v) is 2.67. The maximum Gasteiger partial charge on any atom is 0.271 e. The zero-order valence-electron chi connectivity index (χ0n) is 14.7. The summed E-state index contributed by atoms with van der Waals surface area (Å²) in [7, 11) is 0. The van der Waals surface area contributed by atoms with Crippen molar-refractivity contribution in [2.45, 2.75) is 26.3 Å². The van der Waals surface area contributed by atoms with Gasteiger partial charge < -0.3 is 10.6 Å². The van der Waals surface area contributed by atoms with E-state index in [1.54, 1.807) is 0 Å². The molecule has 0 aliphatic carbocycles. The van der Waals surface area contributed by atoms with Crippen LogP contribution in [0.5, 0.6) is 0 Å². The van der Waals surface area contributed by atoms with Gasteiger partial charge in [-0.15, -0.1) is 0 Å². The van der Waals surface area contributed by atoms with Gasteiger partial charge in [-0.25, -0.2) is 0 Å². The lowest BCUT2D eigenvalue weighted by Crippen LogP contribution is -2.34.